The summed E-state index contributed by atoms with van der Waals surface area (Å²) in [7, 11) is 0. The first-order valence-corrected chi connectivity index (χ1v) is 6.36. The predicted octanol–water partition coefficient (Wildman–Crippen LogP) is 3.71. The van der Waals surface area contributed by atoms with E-state index >= 15 is 0 Å². The van der Waals surface area contributed by atoms with Crippen LogP contribution < -0.4 is 5.32 Å². The second-order valence-corrected chi connectivity index (χ2v) is 5.05. The quantitative estimate of drug-likeness (QED) is 0.701. The molecule has 0 spiro atoms. The van der Waals surface area contributed by atoms with Crippen molar-refractivity contribution in [1.29, 1.82) is 0 Å². The standard InChI is InChI=1S/C16H15N.ClH/c1-2-4-14-11(3-1)9-13-10-12(5-6-15(13)14)16-7-8-17-16;/h1-6,10,16-17H,7-9H2;1H/t16-;/m0./s1. The molecule has 1 nitrogen and oxygen atoms in total. The first-order valence-electron chi connectivity index (χ1n) is 6.36. The van der Waals surface area contributed by atoms with Crippen LogP contribution in [-0.2, 0) is 6.42 Å². The molecule has 1 saturated heterocycles. The van der Waals surface area contributed by atoms with Crippen LogP contribution in [0.2, 0.25) is 0 Å². The van der Waals surface area contributed by atoms with Gasteiger partial charge in [-0.3, -0.25) is 0 Å². The van der Waals surface area contributed by atoms with E-state index in [-0.39, 0.29) is 12.4 Å². The molecule has 0 aromatic heterocycles. The normalized spacial score (nSPS) is 19.4. The Morgan fingerprint density at radius 3 is 2.50 bits per heavy atom. The van der Waals surface area contributed by atoms with Crippen molar-refractivity contribution in [2.45, 2.75) is 18.9 Å². The lowest BCUT2D eigenvalue weighted by Crippen LogP contribution is -2.34. The maximum absolute atomic E-state index is 3.47. The molecule has 1 atom stereocenters. The zero-order valence-electron chi connectivity index (χ0n) is 10.1. The van der Waals surface area contributed by atoms with Gasteiger partial charge in [-0.2, -0.15) is 0 Å². The highest BCUT2D eigenvalue weighted by Gasteiger charge is 2.22. The maximum atomic E-state index is 3.47. The van der Waals surface area contributed by atoms with E-state index in [2.05, 4.69) is 47.8 Å². The molecule has 2 aliphatic rings. The summed E-state index contributed by atoms with van der Waals surface area (Å²) < 4.78 is 0. The number of nitrogens with one attached hydrogen (secondary N) is 1. The van der Waals surface area contributed by atoms with Crippen LogP contribution in [-0.4, -0.2) is 6.54 Å². The molecule has 1 fully saturated rings. The smallest absolute Gasteiger partial charge is 0.0332 e. The van der Waals surface area contributed by atoms with Crippen LogP contribution in [0.25, 0.3) is 11.1 Å². The van der Waals surface area contributed by atoms with E-state index in [0.29, 0.717) is 6.04 Å². The van der Waals surface area contributed by atoms with E-state index in [9.17, 15) is 0 Å². The first kappa shape index (κ1) is 11.8. The molecule has 0 unspecified atom stereocenters. The summed E-state index contributed by atoms with van der Waals surface area (Å²) >= 11 is 0. The molecule has 4 rings (SSSR count). The third-order valence-corrected chi connectivity index (χ3v) is 4.04. The molecule has 2 aromatic carbocycles. The summed E-state index contributed by atoms with van der Waals surface area (Å²) in [4.78, 5) is 0. The molecule has 1 aliphatic heterocycles. The molecule has 0 saturated carbocycles. The van der Waals surface area contributed by atoms with Crippen LogP contribution in [0.4, 0.5) is 0 Å². The number of hydrogen-bond acceptors (Lipinski definition) is 1. The molecule has 0 amide bonds. The topological polar surface area (TPSA) is 12.0 Å². The largest absolute Gasteiger partial charge is 0.310 e. The van der Waals surface area contributed by atoms with E-state index in [0.717, 1.165) is 6.42 Å². The molecule has 0 bridgehead atoms. The molecular weight excluding hydrogens is 242 g/mol. The van der Waals surface area contributed by atoms with Gasteiger partial charge < -0.3 is 5.32 Å². The van der Waals surface area contributed by atoms with Crippen LogP contribution in [0.3, 0.4) is 0 Å². The Labute approximate surface area is 114 Å². The van der Waals surface area contributed by atoms with Gasteiger partial charge in [-0.1, -0.05) is 42.5 Å². The molecule has 0 radical (unpaired) electrons. The van der Waals surface area contributed by atoms with Crippen LogP contribution >= 0.6 is 12.4 Å². The van der Waals surface area contributed by atoms with Gasteiger partial charge in [0.25, 0.3) is 0 Å². The lowest BCUT2D eigenvalue weighted by molar-refractivity contribution is 0.383. The van der Waals surface area contributed by atoms with Gasteiger partial charge in [-0.05, 0) is 47.2 Å². The SMILES string of the molecule is Cl.c1ccc2c(c1)Cc1cc([C@@H]3CCN3)ccc1-2. The van der Waals surface area contributed by atoms with Gasteiger partial charge in [-0.15, -0.1) is 12.4 Å². The van der Waals surface area contributed by atoms with Crippen LogP contribution in [0.15, 0.2) is 42.5 Å². The summed E-state index contributed by atoms with van der Waals surface area (Å²) in [6, 6.07) is 16.3. The van der Waals surface area contributed by atoms with Crippen molar-refractivity contribution in [2.75, 3.05) is 6.54 Å². The maximum Gasteiger partial charge on any atom is 0.0332 e. The third-order valence-electron chi connectivity index (χ3n) is 4.04. The number of hydrogen-bond donors (Lipinski definition) is 1. The average molecular weight is 258 g/mol. The molecular formula is C16H16ClN. The summed E-state index contributed by atoms with van der Waals surface area (Å²) in [6.45, 7) is 1.17. The zero-order valence-corrected chi connectivity index (χ0v) is 11.0. The van der Waals surface area contributed by atoms with Gasteiger partial charge in [0.1, 0.15) is 0 Å². The van der Waals surface area contributed by atoms with E-state index in [1.165, 1.54) is 40.8 Å². The van der Waals surface area contributed by atoms with E-state index < -0.39 is 0 Å². The van der Waals surface area contributed by atoms with Crippen molar-refractivity contribution >= 4 is 12.4 Å². The Hall–Kier alpha value is -1.31. The van der Waals surface area contributed by atoms with Gasteiger partial charge >= 0.3 is 0 Å². The van der Waals surface area contributed by atoms with Crippen molar-refractivity contribution in [3.63, 3.8) is 0 Å². The minimum atomic E-state index is 0. The Morgan fingerprint density at radius 2 is 1.72 bits per heavy atom. The predicted molar refractivity (Wildman–Crippen MR) is 77.3 cm³/mol. The van der Waals surface area contributed by atoms with Crippen molar-refractivity contribution in [3.05, 3.63) is 59.2 Å². The van der Waals surface area contributed by atoms with Gasteiger partial charge in [-0.25, -0.2) is 0 Å². The highest BCUT2D eigenvalue weighted by Crippen LogP contribution is 2.38. The van der Waals surface area contributed by atoms with Gasteiger partial charge in [0.2, 0.25) is 0 Å². The van der Waals surface area contributed by atoms with Crippen LogP contribution in [0, 0.1) is 0 Å². The number of halogens is 1. The average Bonchev–Trinajstić information content (AvgIpc) is 2.64. The van der Waals surface area contributed by atoms with E-state index in [1.807, 2.05) is 0 Å². The summed E-state index contributed by atoms with van der Waals surface area (Å²) in [5.74, 6) is 0. The summed E-state index contributed by atoms with van der Waals surface area (Å²) in [6.07, 6.45) is 2.39. The van der Waals surface area contributed by atoms with Crippen LogP contribution in [0.5, 0.6) is 0 Å². The van der Waals surface area contributed by atoms with E-state index in [1.54, 1.807) is 0 Å². The Morgan fingerprint density at radius 1 is 0.944 bits per heavy atom. The number of benzene rings is 2. The summed E-state index contributed by atoms with van der Waals surface area (Å²) in [5, 5.41) is 3.47. The number of rotatable bonds is 1. The van der Waals surface area contributed by atoms with Gasteiger partial charge in [0.05, 0.1) is 0 Å². The van der Waals surface area contributed by atoms with Crippen LogP contribution in [0.1, 0.15) is 29.2 Å². The molecule has 1 heterocycles. The Kier molecular flexibility index (Phi) is 2.89. The fourth-order valence-corrected chi connectivity index (χ4v) is 2.95. The highest BCUT2D eigenvalue weighted by atomic mass is 35.5. The van der Waals surface area contributed by atoms with E-state index in [4.69, 9.17) is 0 Å². The molecule has 2 heteroatoms. The van der Waals surface area contributed by atoms with Gasteiger partial charge in [0.15, 0.2) is 0 Å². The minimum Gasteiger partial charge on any atom is -0.310 e. The van der Waals surface area contributed by atoms with Gasteiger partial charge in [0, 0.05) is 6.04 Å². The Balaban J connectivity index is 0.000001000. The van der Waals surface area contributed by atoms with Crippen molar-refractivity contribution in [1.82, 2.24) is 5.32 Å². The highest BCUT2D eigenvalue weighted by molar-refractivity contribution is 5.85. The van der Waals surface area contributed by atoms with Crippen molar-refractivity contribution in [2.24, 2.45) is 0 Å². The first-order chi connectivity index (χ1) is 8.42. The Bertz CT molecular complexity index is 587. The van der Waals surface area contributed by atoms with Crippen molar-refractivity contribution in [3.8, 4) is 11.1 Å². The third kappa shape index (κ3) is 1.66. The lowest BCUT2D eigenvalue weighted by atomic mass is 9.94. The molecule has 92 valence electrons. The number of fused-ring (bicyclic) bond motifs is 3. The molecule has 18 heavy (non-hydrogen) atoms. The zero-order chi connectivity index (χ0) is 11.2. The summed E-state index contributed by atoms with van der Waals surface area (Å²) in [5.41, 5.74) is 7.29. The fourth-order valence-electron chi connectivity index (χ4n) is 2.95. The lowest BCUT2D eigenvalue weighted by Gasteiger charge is -2.28. The molecule has 1 aliphatic carbocycles. The molecule has 1 N–H and O–H groups in total. The monoisotopic (exact) mass is 257 g/mol. The van der Waals surface area contributed by atoms with Crippen molar-refractivity contribution < 1.29 is 0 Å². The minimum absolute atomic E-state index is 0. The second kappa shape index (κ2) is 4.42. The molecule has 2 aromatic rings. The fraction of sp³-hybridized carbons (Fsp3) is 0.250. The second-order valence-electron chi connectivity index (χ2n) is 5.05.